The highest BCUT2D eigenvalue weighted by atomic mass is 32.2. The van der Waals surface area contributed by atoms with Gasteiger partial charge in [0.15, 0.2) is 0 Å². The minimum Gasteiger partial charge on any atom is -0.455 e. The Morgan fingerprint density at radius 3 is 2.40 bits per heavy atom. The van der Waals surface area contributed by atoms with Crippen LogP contribution in [0.3, 0.4) is 0 Å². The summed E-state index contributed by atoms with van der Waals surface area (Å²) in [6, 6.07) is 19.7. The number of primary sulfonamides is 1. The van der Waals surface area contributed by atoms with E-state index in [-0.39, 0.29) is 4.90 Å². The fraction of sp³-hybridized carbons (Fsp3) is 0.0556. The van der Waals surface area contributed by atoms with Gasteiger partial charge in [0.25, 0.3) is 0 Å². The topological polar surface area (TPSA) is 97.7 Å². The van der Waals surface area contributed by atoms with Crippen molar-refractivity contribution in [1.29, 1.82) is 0 Å². The van der Waals surface area contributed by atoms with Gasteiger partial charge in [-0.15, -0.1) is 0 Å². The van der Waals surface area contributed by atoms with Crippen molar-refractivity contribution in [2.45, 2.75) is 11.4 Å². The highest BCUT2D eigenvalue weighted by Crippen LogP contribution is 2.22. The van der Waals surface area contributed by atoms with Crippen LogP contribution in [-0.4, -0.2) is 14.6 Å². The number of hydrogen-bond acceptors (Lipinski definition) is 5. The van der Waals surface area contributed by atoms with E-state index < -0.39 is 10.0 Å². The predicted octanol–water partition coefficient (Wildman–Crippen LogP) is 2.72. The SMILES string of the molecule is NS(=O)(=O)c1ccc(-c2ccc(/C=N\NCc3ccccc3)o2)cc1. The van der Waals surface area contributed by atoms with Crippen LogP contribution in [0.15, 0.2) is 81.1 Å². The van der Waals surface area contributed by atoms with Gasteiger partial charge >= 0.3 is 0 Å². The summed E-state index contributed by atoms with van der Waals surface area (Å²) < 4.78 is 28.2. The van der Waals surface area contributed by atoms with Crippen LogP contribution < -0.4 is 10.6 Å². The summed E-state index contributed by atoms with van der Waals surface area (Å²) in [5.74, 6) is 1.21. The summed E-state index contributed by atoms with van der Waals surface area (Å²) in [5, 5.41) is 9.21. The third-order valence-corrected chi connectivity index (χ3v) is 4.43. The fourth-order valence-corrected chi connectivity index (χ4v) is 2.74. The molecule has 6 nitrogen and oxygen atoms in total. The molecule has 0 radical (unpaired) electrons. The maximum absolute atomic E-state index is 11.3. The van der Waals surface area contributed by atoms with Crippen LogP contribution in [0.4, 0.5) is 0 Å². The molecule has 0 atom stereocenters. The maximum atomic E-state index is 11.3. The second-order valence-corrected chi connectivity index (χ2v) is 6.91. The van der Waals surface area contributed by atoms with Gasteiger partial charge in [0.05, 0.1) is 17.7 Å². The molecule has 0 saturated carbocycles. The van der Waals surface area contributed by atoms with E-state index in [1.807, 2.05) is 30.3 Å². The molecule has 3 rings (SSSR count). The lowest BCUT2D eigenvalue weighted by Gasteiger charge is -2.00. The molecule has 128 valence electrons. The normalized spacial score (nSPS) is 11.7. The molecule has 0 aliphatic rings. The van der Waals surface area contributed by atoms with E-state index in [1.54, 1.807) is 30.5 Å². The standard InChI is InChI=1S/C18H17N3O3S/c19-25(22,23)17-9-6-15(7-10-17)18-11-8-16(24-18)13-21-20-12-14-4-2-1-3-5-14/h1-11,13,20H,12H2,(H2,19,22,23)/b21-13-. The average Bonchev–Trinajstić information content (AvgIpc) is 3.08. The number of nitrogens with zero attached hydrogens (tertiary/aromatic N) is 1. The van der Waals surface area contributed by atoms with Crippen LogP contribution in [0, 0.1) is 0 Å². The molecule has 2 aromatic carbocycles. The molecule has 0 aliphatic heterocycles. The Labute approximate surface area is 146 Å². The van der Waals surface area contributed by atoms with Crippen molar-refractivity contribution in [2.75, 3.05) is 0 Å². The van der Waals surface area contributed by atoms with Crippen molar-refractivity contribution in [3.05, 3.63) is 78.1 Å². The second-order valence-electron chi connectivity index (χ2n) is 5.35. The molecule has 25 heavy (non-hydrogen) atoms. The van der Waals surface area contributed by atoms with Gasteiger partial charge < -0.3 is 9.84 Å². The Morgan fingerprint density at radius 2 is 1.72 bits per heavy atom. The fourth-order valence-electron chi connectivity index (χ4n) is 2.23. The van der Waals surface area contributed by atoms with Gasteiger partial charge in [-0.1, -0.05) is 30.3 Å². The molecule has 0 amide bonds. The number of benzene rings is 2. The first kappa shape index (κ1) is 16.9. The van der Waals surface area contributed by atoms with Crippen LogP contribution >= 0.6 is 0 Å². The molecular formula is C18H17N3O3S. The third kappa shape index (κ3) is 4.56. The van der Waals surface area contributed by atoms with Crippen molar-refractivity contribution < 1.29 is 12.8 Å². The lowest BCUT2D eigenvalue weighted by Crippen LogP contribution is -2.11. The molecule has 0 spiro atoms. The first-order valence-corrected chi connectivity index (χ1v) is 9.10. The Balaban J connectivity index is 1.63. The highest BCUT2D eigenvalue weighted by Gasteiger charge is 2.09. The van der Waals surface area contributed by atoms with Gasteiger partial charge in [-0.25, -0.2) is 13.6 Å². The quantitative estimate of drug-likeness (QED) is 0.525. The number of hydrazone groups is 1. The molecule has 0 aliphatic carbocycles. The summed E-state index contributed by atoms with van der Waals surface area (Å²) in [6.45, 7) is 0.625. The van der Waals surface area contributed by atoms with E-state index in [0.717, 1.165) is 11.1 Å². The lowest BCUT2D eigenvalue weighted by atomic mass is 10.2. The van der Waals surface area contributed by atoms with Gasteiger partial charge in [0, 0.05) is 5.56 Å². The monoisotopic (exact) mass is 355 g/mol. The summed E-state index contributed by atoms with van der Waals surface area (Å²) in [4.78, 5) is 0.0645. The Bertz CT molecular complexity index is 962. The van der Waals surface area contributed by atoms with Crippen LogP contribution in [-0.2, 0) is 16.6 Å². The average molecular weight is 355 g/mol. The van der Waals surface area contributed by atoms with Crippen molar-refractivity contribution in [3.63, 3.8) is 0 Å². The largest absolute Gasteiger partial charge is 0.455 e. The predicted molar refractivity (Wildman–Crippen MR) is 96.4 cm³/mol. The van der Waals surface area contributed by atoms with Crippen LogP contribution in [0.5, 0.6) is 0 Å². The number of nitrogens with one attached hydrogen (secondary N) is 1. The molecular weight excluding hydrogens is 338 g/mol. The summed E-state index contributed by atoms with van der Waals surface area (Å²) in [5.41, 5.74) is 4.84. The van der Waals surface area contributed by atoms with Crippen molar-refractivity contribution in [1.82, 2.24) is 5.43 Å². The molecule has 0 saturated heterocycles. The van der Waals surface area contributed by atoms with E-state index in [9.17, 15) is 8.42 Å². The molecule has 0 unspecified atom stereocenters. The molecule has 7 heteroatoms. The zero-order valence-electron chi connectivity index (χ0n) is 13.3. The highest BCUT2D eigenvalue weighted by molar-refractivity contribution is 7.89. The Morgan fingerprint density at radius 1 is 1.00 bits per heavy atom. The zero-order chi connectivity index (χ0) is 17.7. The van der Waals surface area contributed by atoms with Gasteiger partial charge in [-0.2, -0.15) is 5.10 Å². The molecule has 1 heterocycles. The molecule has 3 N–H and O–H groups in total. The minimum atomic E-state index is -3.69. The Kier molecular flexibility index (Phi) is 4.97. The van der Waals surface area contributed by atoms with Gasteiger partial charge in [-0.3, -0.25) is 0 Å². The van der Waals surface area contributed by atoms with Crippen LogP contribution in [0.1, 0.15) is 11.3 Å². The number of nitrogens with two attached hydrogens (primary N) is 1. The minimum absolute atomic E-state index is 0.0645. The first-order chi connectivity index (χ1) is 12.0. The first-order valence-electron chi connectivity index (χ1n) is 7.55. The van der Waals surface area contributed by atoms with E-state index in [1.165, 1.54) is 12.1 Å². The Hall–Kier alpha value is -2.90. The molecule has 0 bridgehead atoms. The lowest BCUT2D eigenvalue weighted by molar-refractivity contribution is 0.573. The third-order valence-electron chi connectivity index (χ3n) is 3.50. The van der Waals surface area contributed by atoms with E-state index in [4.69, 9.17) is 9.56 Å². The number of hydrogen-bond donors (Lipinski definition) is 2. The van der Waals surface area contributed by atoms with Crippen LogP contribution in [0.2, 0.25) is 0 Å². The molecule has 0 fully saturated rings. The number of furan rings is 1. The van der Waals surface area contributed by atoms with Gasteiger partial charge in [-0.05, 0) is 42.0 Å². The van der Waals surface area contributed by atoms with Crippen molar-refractivity contribution >= 4 is 16.2 Å². The van der Waals surface area contributed by atoms with E-state index in [2.05, 4.69) is 10.5 Å². The van der Waals surface area contributed by atoms with E-state index >= 15 is 0 Å². The van der Waals surface area contributed by atoms with Crippen LogP contribution in [0.25, 0.3) is 11.3 Å². The number of rotatable bonds is 6. The molecule has 1 aromatic heterocycles. The number of sulfonamides is 1. The second kappa shape index (κ2) is 7.33. The summed E-state index contributed by atoms with van der Waals surface area (Å²) >= 11 is 0. The van der Waals surface area contributed by atoms with Gasteiger partial charge in [0.1, 0.15) is 11.5 Å². The van der Waals surface area contributed by atoms with Gasteiger partial charge in [0.2, 0.25) is 10.0 Å². The van der Waals surface area contributed by atoms with E-state index in [0.29, 0.717) is 18.1 Å². The summed E-state index contributed by atoms with van der Waals surface area (Å²) in [7, 11) is -3.69. The summed E-state index contributed by atoms with van der Waals surface area (Å²) in [6.07, 6.45) is 1.59. The molecule has 3 aromatic rings. The zero-order valence-corrected chi connectivity index (χ0v) is 14.1. The smallest absolute Gasteiger partial charge is 0.238 e. The van der Waals surface area contributed by atoms with Crippen molar-refractivity contribution in [3.8, 4) is 11.3 Å². The van der Waals surface area contributed by atoms with Crippen molar-refractivity contribution in [2.24, 2.45) is 10.2 Å². The maximum Gasteiger partial charge on any atom is 0.238 e.